The van der Waals surface area contributed by atoms with Crippen molar-refractivity contribution in [3.63, 3.8) is 0 Å². The van der Waals surface area contributed by atoms with Gasteiger partial charge >= 0.3 is 0 Å². The molecule has 4 heteroatoms. The fourth-order valence-corrected chi connectivity index (χ4v) is 8.82. The number of para-hydroxylation sites is 3. The fraction of sp³-hybridized carbons (Fsp3) is 0.0612. The van der Waals surface area contributed by atoms with Crippen molar-refractivity contribution < 1.29 is 0 Å². The second-order valence-corrected chi connectivity index (χ2v) is 14.4. The number of nitrogens with zero attached hydrogens (tertiary/aromatic N) is 3. The lowest BCUT2D eigenvalue weighted by atomic mass is 9.99. The van der Waals surface area contributed by atoms with Gasteiger partial charge in [-0.15, -0.1) is 0 Å². The van der Waals surface area contributed by atoms with Crippen molar-refractivity contribution in [1.82, 2.24) is 19.0 Å². The summed E-state index contributed by atoms with van der Waals surface area (Å²) < 4.78 is 7.30. The molecule has 0 unspecified atom stereocenters. The van der Waals surface area contributed by atoms with Crippen LogP contribution in [0.15, 0.2) is 158 Å². The highest BCUT2D eigenvalue weighted by atomic mass is 15.0. The Hall–Kier alpha value is -6.78. The highest BCUT2D eigenvalue weighted by Gasteiger charge is 2.21. The second-order valence-electron chi connectivity index (χ2n) is 14.4. The number of nitrogens with one attached hydrogen (secondary N) is 1. The molecule has 0 radical (unpaired) electrons. The predicted octanol–water partition coefficient (Wildman–Crippen LogP) is 12.2. The van der Waals surface area contributed by atoms with E-state index in [1.807, 2.05) is 0 Å². The normalized spacial score (nSPS) is 12.7. The van der Waals surface area contributed by atoms with Gasteiger partial charge in [0.25, 0.3) is 0 Å². The van der Waals surface area contributed by atoms with Crippen LogP contribution in [-0.2, 0) is 6.54 Å². The highest BCUT2D eigenvalue weighted by Crippen LogP contribution is 2.41. The Morgan fingerprint density at radius 3 is 1.89 bits per heavy atom. The van der Waals surface area contributed by atoms with Crippen LogP contribution >= 0.6 is 0 Å². The molecule has 0 atom stereocenters. The van der Waals surface area contributed by atoms with Crippen LogP contribution in [-0.4, -0.2) is 13.7 Å². The topological polar surface area (TPSA) is 26.8 Å². The summed E-state index contributed by atoms with van der Waals surface area (Å²) >= 11 is 0. The Morgan fingerprint density at radius 1 is 0.453 bits per heavy atom. The molecule has 252 valence electrons. The van der Waals surface area contributed by atoms with Crippen molar-refractivity contribution in [2.75, 3.05) is 0 Å². The number of aryl methyl sites for hydroxylation is 2. The lowest BCUT2D eigenvalue weighted by Crippen LogP contribution is -2.13. The van der Waals surface area contributed by atoms with Crippen molar-refractivity contribution in [3.05, 3.63) is 180 Å². The number of aromatic nitrogens is 3. The number of hydrogen-bond donors (Lipinski definition) is 1. The summed E-state index contributed by atoms with van der Waals surface area (Å²) in [6.07, 6.45) is 4.30. The molecule has 0 saturated carbocycles. The monoisotopic (exact) mass is 680 g/mol. The van der Waals surface area contributed by atoms with Crippen LogP contribution in [0.1, 0.15) is 22.4 Å². The highest BCUT2D eigenvalue weighted by molar-refractivity contribution is 6.12. The van der Waals surface area contributed by atoms with Gasteiger partial charge < -0.3 is 19.0 Å². The van der Waals surface area contributed by atoms with E-state index >= 15 is 0 Å². The van der Waals surface area contributed by atoms with Gasteiger partial charge in [0.2, 0.25) is 0 Å². The first kappa shape index (κ1) is 29.9. The van der Waals surface area contributed by atoms with Crippen LogP contribution in [0.25, 0.3) is 88.8 Å². The summed E-state index contributed by atoms with van der Waals surface area (Å²) in [6, 6.07) is 56.1. The van der Waals surface area contributed by atoms with E-state index in [2.05, 4.69) is 197 Å². The van der Waals surface area contributed by atoms with E-state index in [0.717, 1.165) is 6.54 Å². The van der Waals surface area contributed by atoms with Crippen molar-refractivity contribution in [2.24, 2.45) is 0 Å². The van der Waals surface area contributed by atoms with Gasteiger partial charge in [-0.3, -0.25) is 0 Å². The maximum absolute atomic E-state index is 3.46. The molecule has 0 spiro atoms. The summed E-state index contributed by atoms with van der Waals surface area (Å²) in [7, 11) is 0. The van der Waals surface area contributed by atoms with Crippen LogP contribution in [0.5, 0.6) is 0 Å². The molecule has 11 rings (SSSR count). The fourth-order valence-electron chi connectivity index (χ4n) is 8.82. The van der Waals surface area contributed by atoms with Gasteiger partial charge in [-0.05, 0) is 104 Å². The SMILES string of the molecule is Cc1ccc(-n2c3c(c4cc(-c5ccccc5-n5c6ccccc6c6cc(-n7c8ccccc8c8cc(C)ccc87)ccc65)ccc42)C=CNC3)cc1. The average molecular weight is 681 g/mol. The standard InChI is InChI=1S/C49H36N4/c1-31-15-19-34(20-16-31)51-47-23-18-33(28-41(47)39-25-26-50-30-49(39)51)36-9-3-6-12-43(36)53-45-14-8-5-11-38(45)42-29-35(21-24-48(42)53)52-44-13-7-4-10-37(44)40-27-32(2)17-22-46(40)52/h3-29,50H,30H2,1-2H3. The van der Waals surface area contributed by atoms with Gasteiger partial charge in [-0.1, -0.05) is 90.0 Å². The summed E-state index contributed by atoms with van der Waals surface area (Å²) in [5.41, 5.74) is 17.1. The van der Waals surface area contributed by atoms with Crippen molar-refractivity contribution in [3.8, 4) is 28.2 Å². The van der Waals surface area contributed by atoms with Gasteiger partial charge in [-0.25, -0.2) is 0 Å². The number of rotatable bonds is 4. The molecule has 0 saturated heterocycles. The summed E-state index contributed by atoms with van der Waals surface area (Å²) in [5.74, 6) is 0. The molecule has 1 N–H and O–H groups in total. The average Bonchev–Trinajstić information content (AvgIpc) is 3.83. The minimum atomic E-state index is 0.790. The molecule has 4 heterocycles. The molecule has 10 aromatic rings. The molecule has 7 aromatic carbocycles. The van der Waals surface area contributed by atoms with E-state index in [1.165, 1.54) is 105 Å². The molecule has 1 aliphatic heterocycles. The molecule has 0 amide bonds. The van der Waals surface area contributed by atoms with Crippen molar-refractivity contribution in [2.45, 2.75) is 20.4 Å². The quantitative estimate of drug-likeness (QED) is 0.197. The minimum Gasteiger partial charge on any atom is -0.385 e. The third kappa shape index (κ3) is 4.42. The molecule has 4 nitrogen and oxygen atoms in total. The molecule has 0 aliphatic carbocycles. The smallest absolute Gasteiger partial charge is 0.0558 e. The second kappa shape index (κ2) is 11.4. The van der Waals surface area contributed by atoms with Crippen LogP contribution < -0.4 is 5.32 Å². The predicted molar refractivity (Wildman–Crippen MR) is 223 cm³/mol. The molecule has 1 aliphatic rings. The Balaban J connectivity index is 1.12. The first-order chi connectivity index (χ1) is 26.1. The van der Waals surface area contributed by atoms with E-state index < -0.39 is 0 Å². The van der Waals surface area contributed by atoms with Crippen LogP contribution in [0.2, 0.25) is 0 Å². The number of fused-ring (bicyclic) bond motifs is 9. The third-order valence-electron chi connectivity index (χ3n) is 11.2. The van der Waals surface area contributed by atoms with Gasteiger partial charge in [0.1, 0.15) is 0 Å². The summed E-state index contributed by atoms with van der Waals surface area (Å²) in [6.45, 7) is 5.10. The van der Waals surface area contributed by atoms with E-state index in [-0.39, 0.29) is 0 Å². The molecule has 0 fully saturated rings. The zero-order chi connectivity index (χ0) is 35.2. The molecular formula is C49H36N4. The first-order valence-electron chi connectivity index (χ1n) is 18.4. The summed E-state index contributed by atoms with van der Waals surface area (Å²) in [5, 5.41) is 9.77. The van der Waals surface area contributed by atoms with E-state index in [9.17, 15) is 0 Å². The van der Waals surface area contributed by atoms with Crippen molar-refractivity contribution >= 4 is 60.6 Å². The lowest BCUT2D eigenvalue weighted by molar-refractivity contribution is 0.803. The van der Waals surface area contributed by atoms with Crippen LogP contribution in [0.4, 0.5) is 0 Å². The Morgan fingerprint density at radius 2 is 1.06 bits per heavy atom. The van der Waals surface area contributed by atoms with Gasteiger partial charge in [0, 0.05) is 49.4 Å². The van der Waals surface area contributed by atoms with E-state index in [0.29, 0.717) is 0 Å². The molecule has 3 aromatic heterocycles. The zero-order valence-corrected chi connectivity index (χ0v) is 29.6. The van der Waals surface area contributed by atoms with E-state index in [4.69, 9.17) is 0 Å². The minimum absolute atomic E-state index is 0.790. The zero-order valence-electron chi connectivity index (χ0n) is 29.6. The Labute approximate surface area is 307 Å². The summed E-state index contributed by atoms with van der Waals surface area (Å²) in [4.78, 5) is 0. The lowest BCUT2D eigenvalue weighted by Gasteiger charge is -2.15. The van der Waals surface area contributed by atoms with Gasteiger partial charge in [0.05, 0.1) is 45.5 Å². The molecule has 0 bridgehead atoms. The molecular weight excluding hydrogens is 645 g/mol. The van der Waals surface area contributed by atoms with Crippen LogP contribution in [0.3, 0.4) is 0 Å². The molecule has 53 heavy (non-hydrogen) atoms. The maximum atomic E-state index is 3.46. The van der Waals surface area contributed by atoms with E-state index in [1.54, 1.807) is 0 Å². The maximum Gasteiger partial charge on any atom is 0.0558 e. The first-order valence-corrected chi connectivity index (χ1v) is 18.4. The van der Waals surface area contributed by atoms with Gasteiger partial charge in [0.15, 0.2) is 0 Å². The largest absolute Gasteiger partial charge is 0.385 e. The third-order valence-corrected chi connectivity index (χ3v) is 11.2. The van der Waals surface area contributed by atoms with Gasteiger partial charge in [-0.2, -0.15) is 0 Å². The Kier molecular flexibility index (Phi) is 6.41. The number of benzene rings is 7. The Bertz CT molecular complexity index is 3130. The van der Waals surface area contributed by atoms with Crippen molar-refractivity contribution in [1.29, 1.82) is 0 Å². The van der Waals surface area contributed by atoms with Crippen LogP contribution in [0, 0.1) is 13.8 Å². The number of hydrogen-bond acceptors (Lipinski definition) is 1.